The van der Waals surface area contributed by atoms with Gasteiger partial charge in [-0.3, -0.25) is 4.79 Å². The second kappa shape index (κ2) is 9.50. The number of benzene rings is 2. The third kappa shape index (κ3) is 4.57. The summed E-state index contributed by atoms with van der Waals surface area (Å²) in [5.74, 6) is 1.43. The van der Waals surface area contributed by atoms with Gasteiger partial charge in [0.05, 0.1) is 16.1 Å². The molecule has 0 radical (unpaired) electrons. The molecule has 6 rings (SSSR count). The molecule has 0 spiro atoms. The van der Waals surface area contributed by atoms with E-state index in [1.807, 2.05) is 42.6 Å². The Morgan fingerprint density at radius 2 is 1.94 bits per heavy atom. The van der Waals surface area contributed by atoms with Gasteiger partial charge < -0.3 is 10.2 Å². The minimum Gasteiger partial charge on any atom is -0.356 e. The summed E-state index contributed by atoms with van der Waals surface area (Å²) in [5.41, 5.74) is 4.09. The summed E-state index contributed by atoms with van der Waals surface area (Å²) in [6.07, 6.45) is 6.89. The highest BCUT2D eigenvalue weighted by Gasteiger charge is 2.27. The first kappa shape index (κ1) is 22.4. The number of piperidine rings is 1. The number of fused-ring (bicyclic) bond motifs is 1. The molecule has 36 heavy (non-hydrogen) atoms. The predicted molar refractivity (Wildman–Crippen MR) is 143 cm³/mol. The number of anilines is 2. The number of carbonyl (C=O) groups excluding carboxylic acids is 1. The van der Waals surface area contributed by atoms with E-state index in [9.17, 15) is 4.79 Å². The average molecular weight is 496 g/mol. The molecule has 1 atom stereocenters. The van der Waals surface area contributed by atoms with Gasteiger partial charge in [-0.05, 0) is 67.8 Å². The topological polar surface area (TPSA) is 88.8 Å². The lowest BCUT2D eigenvalue weighted by molar-refractivity contribution is -0.120. The standard InChI is InChI=1S/C27H25N7OS/c1-18-5-10-22-23(14-18)36-27(32-22)19-6-8-21(9-7-19)31-26(35)20-4-2-12-33(16-20)24-15-25(29-17-28-24)34-13-3-11-30-34/h3,5-11,13-15,17,20H,2,4,12,16H2,1H3,(H,31,35). The smallest absolute Gasteiger partial charge is 0.229 e. The fourth-order valence-corrected chi connectivity index (χ4v) is 5.60. The van der Waals surface area contributed by atoms with Crippen molar-refractivity contribution in [1.82, 2.24) is 24.7 Å². The van der Waals surface area contributed by atoms with Crippen LogP contribution >= 0.6 is 11.3 Å². The number of rotatable bonds is 5. The van der Waals surface area contributed by atoms with Gasteiger partial charge in [0.15, 0.2) is 5.82 Å². The zero-order chi connectivity index (χ0) is 24.5. The molecule has 5 aromatic rings. The van der Waals surface area contributed by atoms with Crippen molar-refractivity contribution in [3.8, 4) is 16.4 Å². The number of carbonyl (C=O) groups is 1. The minimum atomic E-state index is -0.117. The first-order valence-electron chi connectivity index (χ1n) is 12.0. The molecule has 1 amide bonds. The van der Waals surface area contributed by atoms with Crippen LogP contribution in [0.4, 0.5) is 11.5 Å². The van der Waals surface area contributed by atoms with Gasteiger partial charge >= 0.3 is 0 Å². The van der Waals surface area contributed by atoms with Gasteiger partial charge in [0.25, 0.3) is 0 Å². The Kier molecular flexibility index (Phi) is 5.90. The molecule has 9 heteroatoms. The molecule has 0 saturated carbocycles. The maximum Gasteiger partial charge on any atom is 0.229 e. The summed E-state index contributed by atoms with van der Waals surface area (Å²) in [6, 6.07) is 18.0. The summed E-state index contributed by atoms with van der Waals surface area (Å²) in [5, 5.41) is 8.33. The van der Waals surface area contributed by atoms with Gasteiger partial charge in [-0.1, -0.05) is 6.07 Å². The Morgan fingerprint density at radius 3 is 2.78 bits per heavy atom. The summed E-state index contributed by atoms with van der Waals surface area (Å²) in [7, 11) is 0. The molecule has 0 aliphatic carbocycles. The Balaban J connectivity index is 1.12. The highest BCUT2D eigenvalue weighted by molar-refractivity contribution is 7.21. The maximum atomic E-state index is 13.1. The summed E-state index contributed by atoms with van der Waals surface area (Å²) in [4.78, 5) is 28.8. The van der Waals surface area contributed by atoms with Gasteiger partial charge in [-0.2, -0.15) is 5.10 Å². The van der Waals surface area contributed by atoms with Crippen molar-refractivity contribution in [2.24, 2.45) is 5.92 Å². The zero-order valence-corrected chi connectivity index (χ0v) is 20.7. The van der Waals surface area contributed by atoms with Crippen molar-refractivity contribution in [3.63, 3.8) is 0 Å². The van der Waals surface area contributed by atoms with Crippen molar-refractivity contribution in [2.75, 3.05) is 23.3 Å². The van der Waals surface area contributed by atoms with Gasteiger partial charge in [-0.25, -0.2) is 19.6 Å². The van der Waals surface area contributed by atoms with E-state index in [-0.39, 0.29) is 11.8 Å². The molecule has 8 nitrogen and oxygen atoms in total. The van der Waals surface area contributed by atoms with E-state index in [2.05, 4.69) is 50.4 Å². The lowest BCUT2D eigenvalue weighted by Gasteiger charge is -2.32. The number of hydrogen-bond acceptors (Lipinski definition) is 7. The number of nitrogens with one attached hydrogen (secondary N) is 1. The molecule has 1 unspecified atom stereocenters. The first-order valence-corrected chi connectivity index (χ1v) is 12.8. The highest BCUT2D eigenvalue weighted by Crippen LogP contribution is 2.31. The molecule has 1 saturated heterocycles. The Labute approximate surface area is 212 Å². The predicted octanol–water partition coefficient (Wildman–Crippen LogP) is 5.10. The van der Waals surface area contributed by atoms with Crippen LogP contribution in [0.2, 0.25) is 0 Å². The van der Waals surface area contributed by atoms with Crippen molar-refractivity contribution in [1.29, 1.82) is 0 Å². The molecule has 1 aliphatic rings. The normalized spacial score (nSPS) is 15.8. The lowest BCUT2D eigenvalue weighted by Crippen LogP contribution is -2.41. The van der Waals surface area contributed by atoms with Crippen LogP contribution in [-0.2, 0) is 4.79 Å². The molecule has 1 fully saturated rings. The van der Waals surface area contributed by atoms with Crippen molar-refractivity contribution in [3.05, 3.63) is 78.9 Å². The van der Waals surface area contributed by atoms with E-state index < -0.39 is 0 Å². The fraction of sp³-hybridized carbons (Fsp3) is 0.222. The van der Waals surface area contributed by atoms with Crippen molar-refractivity contribution >= 4 is 39.0 Å². The summed E-state index contributed by atoms with van der Waals surface area (Å²) < 4.78 is 2.89. The van der Waals surface area contributed by atoms with Crippen LogP contribution in [0, 0.1) is 12.8 Å². The highest BCUT2D eigenvalue weighted by atomic mass is 32.1. The summed E-state index contributed by atoms with van der Waals surface area (Å²) >= 11 is 1.69. The second-order valence-electron chi connectivity index (χ2n) is 9.03. The molecule has 4 heterocycles. The Bertz CT molecular complexity index is 1510. The largest absolute Gasteiger partial charge is 0.356 e. The van der Waals surface area contributed by atoms with Gasteiger partial charge in [0, 0.05) is 42.8 Å². The molecular weight excluding hydrogens is 470 g/mol. The lowest BCUT2D eigenvalue weighted by atomic mass is 9.97. The molecule has 2 aromatic carbocycles. The first-order chi connectivity index (χ1) is 17.6. The van der Waals surface area contributed by atoms with Gasteiger partial charge in [-0.15, -0.1) is 11.3 Å². The van der Waals surface area contributed by atoms with E-state index in [0.717, 1.165) is 47.0 Å². The SMILES string of the molecule is Cc1ccc2nc(-c3ccc(NC(=O)C4CCCN(c5cc(-n6cccn6)ncn5)C4)cc3)sc2c1. The number of hydrogen-bond donors (Lipinski definition) is 1. The number of nitrogens with zero attached hydrogens (tertiary/aromatic N) is 6. The van der Waals surface area contributed by atoms with Crippen LogP contribution in [0.1, 0.15) is 18.4 Å². The fourth-order valence-electron chi connectivity index (χ4n) is 4.53. The van der Waals surface area contributed by atoms with Crippen LogP contribution in [-0.4, -0.2) is 43.7 Å². The van der Waals surface area contributed by atoms with E-state index in [1.165, 1.54) is 10.3 Å². The monoisotopic (exact) mass is 495 g/mol. The van der Waals surface area contributed by atoms with E-state index in [1.54, 1.807) is 28.5 Å². The summed E-state index contributed by atoms with van der Waals surface area (Å²) in [6.45, 7) is 3.56. The van der Waals surface area contributed by atoms with Gasteiger partial charge in [0.2, 0.25) is 5.91 Å². The third-order valence-corrected chi connectivity index (χ3v) is 7.50. The molecule has 0 bridgehead atoms. The number of aryl methyl sites for hydroxylation is 1. The van der Waals surface area contributed by atoms with Gasteiger partial charge in [0.1, 0.15) is 17.2 Å². The second-order valence-corrected chi connectivity index (χ2v) is 10.1. The minimum absolute atomic E-state index is 0.0317. The molecular formula is C27H25N7OS. The Morgan fingerprint density at radius 1 is 1.08 bits per heavy atom. The van der Waals surface area contributed by atoms with Crippen LogP contribution in [0.25, 0.3) is 26.6 Å². The number of aromatic nitrogens is 5. The van der Waals surface area contributed by atoms with Crippen LogP contribution < -0.4 is 10.2 Å². The molecule has 1 N–H and O–H groups in total. The van der Waals surface area contributed by atoms with Crippen LogP contribution in [0.3, 0.4) is 0 Å². The third-order valence-electron chi connectivity index (χ3n) is 6.44. The maximum absolute atomic E-state index is 13.1. The number of thiazole rings is 1. The quantitative estimate of drug-likeness (QED) is 0.365. The van der Waals surface area contributed by atoms with Crippen LogP contribution in [0.5, 0.6) is 0 Å². The van der Waals surface area contributed by atoms with E-state index >= 15 is 0 Å². The van der Waals surface area contributed by atoms with Crippen molar-refractivity contribution in [2.45, 2.75) is 19.8 Å². The van der Waals surface area contributed by atoms with E-state index in [0.29, 0.717) is 12.4 Å². The molecule has 180 valence electrons. The number of amides is 1. The van der Waals surface area contributed by atoms with Crippen LogP contribution in [0.15, 0.2) is 73.3 Å². The molecule has 3 aromatic heterocycles. The molecule has 1 aliphatic heterocycles. The Hall–Kier alpha value is -4.11. The zero-order valence-electron chi connectivity index (χ0n) is 19.8. The average Bonchev–Trinajstić information content (AvgIpc) is 3.60. The van der Waals surface area contributed by atoms with Crippen molar-refractivity contribution < 1.29 is 4.79 Å². The van der Waals surface area contributed by atoms with E-state index in [4.69, 9.17) is 4.98 Å².